The van der Waals surface area contributed by atoms with Crippen LogP contribution in [0, 0.1) is 20.8 Å². The number of nitrogens with two attached hydrogens (primary N) is 1. The van der Waals surface area contributed by atoms with E-state index >= 15 is 0 Å². The van der Waals surface area contributed by atoms with Gasteiger partial charge in [-0.1, -0.05) is 12.1 Å². The van der Waals surface area contributed by atoms with Gasteiger partial charge >= 0.3 is 0 Å². The molecule has 3 N–H and O–H groups in total. The molecule has 0 saturated heterocycles. The summed E-state index contributed by atoms with van der Waals surface area (Å²) in [5.41, 5.74) is 8.47. The molecule has 0 radical (unpaired) electrons. The van der Waals surface area contributed by atoms with Crippen LogP contribution in [0.25, 0.3) is 0 Å². The van der Waals surface area contributed by atoms with Gasteiger partial charge in [-0.3, -0.25) is 13.7 Å². The lowest BCUT2D eigenvalue weighted by atomic mass is 9.97. The summed E-state index contributed by atoms with van der Waals surface area (Å²) in [6.07, 6.45) is 0. The monoisotopic (exact) mass is 502 g/mol. The topological polar surface area (TPSA) is 135 Å². The molecule has 0 aliphatic rings. The first-order valence-electron chi connectivity index (χ1n) is 10.4. The van der Waals surface area contributed by atoms with Crippen LogP contribution < -0.4 is 10.0 Å². The first kappa shape index (κ1) is 25.4. The Morgan fingerprint density at radius 3 is 2.06 bits per heavy atom. The SMILES string of the molecule is CCN(c1cc(S(=O)(=O)O)ccc1C)S(=O)(=O)c1cc(C(=O)c2ccc(N)cc2)c(C)cc1C. The third-order valence-electron chi connectivity index (χ3n) is 5.54. The van der Waals surface area contributed by atoms with Gasteiger partial charge in [0.2, 0.25) is 0 Å². The third kappa shape index (κ3) is 4.84. The maximum atomic E-state index is 13.8. The summed E-state index contributed by atoms with van der Waals surface area (Å²) in [6, 6.07) is 13.1. The lowest BCUT2D eigenvalue weighted by Gasteiger charge is -2.26. The Hall–Kier alpha value is -3.21. The van der Waals surface area contributed by atoms with Crippen LogP contribution in [-0.4, -0.2) is 33.7 Å². The molecule has 0 heterocycles. The Kier molecular flexibility index (Phi) is 6.88. The van der Waals surface area contributed by atoms with Crippen molar-refractivity contribution in [2.75, 3.05) is 16.6 Å². The van der Waals surface area contributed by atoms with Crippen molar-refractivity contribution in [3.8, 4) is 0 Å². The molecular formula is C24H26N2O6S2. The molecule has 180 valence electrons. The van der Waals surface area contributed by atoms with Gasteiger partial charge in [-0.15, -0.1) is 0 Å². The number of benzene rings is 3. The number of nitrogens with zero attached hydrogens (tertiary/aromatic N) is 1. The summed E-state index contributed by atoms with van der Waals surface area (Å²) >= 11 is 0. The zero-order valence-electron chi connectivity index (χ0n) is 19.2. The molecule has 10 heteroatoms. The smallest absolute Gasteiger partial charge is 0.294 e. The quantitative estimate of drug-likeness (QED) is 0.284. The van der Waals surface area contributed by atoms with Crippen LogP contribution in [0.1, 0.15) is 39.5 Å². The number of anilines is 2. The fourth-order valence-corrected chi connectivity index (χ4v) is 6.02. The Balaban J connectivity index is 2.17. The highest BCUT2D eigenvalue weighted by Gasteiger charge is 2.29. The highest BCUT2D eigenvalue weighted by Crippen LogP contribution is 2.32. The van der Waals surface area contributed by atoms with Crippen molar-refractivity contribution >= 4 is 37.3 Å². The molecule has 0 bridgehead atoms. The molecule has 0 aliphatic heterocycles. The Morgan fingerprint density at radius 1 is 0.882 bits per heavy atom. The van der Waals surface area contributed by atoms with E-state index in [1.54, 1.807) is 58.0 Å². The van der Waals surface area contributed by atoms with Crippen molar-refractivity contribution in [3.05, 3.63) is 82.4 Å². The van der Waals surface area contributed by atoms with E-state index in [1.165, 1.54) is 18.2 Å². The largest absolute Gasteiger partial charge is 0.399 e. The summed E-state index contributed by atoms with van der Waals surface area (Å²) in [4.78, 5) is 12.7. The van der Waals surface area contributed by atoms with Crippen LogP contribution in [0.5, 0.6) is 0 Å². The number of sulfonamides is 1. The average Bonchev–Trinajstić information content (AvgIpc) is 2.74. The Labute approximate surface area is 199 Å². The van der Waals surface area contributed by atoms with Crippen molar-refractivity contribution in [1.29, 1.82) is 0 Å². The summed E-state index contributed by atoms with van der Waals surface area (Å²) in [5, 5.41) is 0. The van der Waals surface area contributed by atoms with Crippen LogP contribution >= 0.6 is 0 Å². The van der Waals surface area contributed by atoms with Crippen molar-refractivity contribution in [2.24, 2.45) is 0 Å². The van der Waals surface area contributed by atoms with Crippen molar-refractivity contribution in [2.45, 2.75) is 37.5 Å². The fourth-order valence-electron chi connectivity index (χ4n) is 3.75. The standard InChI is InChI=1S/C24H26N2O6S2/c1-5-26(22-13-20(34(30,31)32)11-6-15(22)2)33(28,29)23-14-21(16(3)12-17(23)4)24(27)18-7-9-19(25)10-8-18/h6-14H,5,25H2,1-4H3,(H,30,31,32). The number of carbonyl (C=O) groups excluding carboxylic acids is 1. The van der Waals surface area contributed by atoms with Gasteiger partial charge in [0.25, 0.3) is 20.1 Å². The highest BCUT2D eigenvalue weighted by atomic mass is 32.2. The van der Waals surface area contributed by atoms with Gasteiger partial charge in [0.1, 0.15) is 0 Å². The maximum Gasteiger partial charge on any atom is 0.294 e. The van der Waals surface area contributed by atoms with E-state index in [9.17, 15) is 26.2 Å². The van der Waals surface area contributed by atoms with Crippen LogP contribution in [0.3, 0.4) is 0 Å². The Bertz CT molecular complexity index is 1480. The van der Waals surface area contributed by atoms with Crippen LogP contribution in [0.2, 0.25) is 0 Å². The minimum absolute atomic E-state index is 0.00728. The number of rotatable bonds is 7. The number of nitrogen functional groups attached to an aromatic ring is 1. The first-order chi connectivity index (χ1) is 15.8. The lowest BCUT2D eigenvalue weighted by molar-refractivity contribution is 0.103. The van der Waals surface area contributed by atoms with E-state index < -0.39 is 25.0 Å². The second kappa shape index (κ2) is 9.21. The number of aryl methyl sites for hydroxylation is 3. The molecular weight excluding hydrogens is 476 g/mol. The number of hydrogen-bond acceptors (Lipinski definition) is 6. The van der Waals surface area contributed by atoms with Gasteiger partial charge in [0.05, 0.1) is 15.5 Å². The van der Waals surface area contributed by atoms with Crippen molar-refractivity contribution in [3.63, 3.8) is 0 Å². The molecule has 34 heavy (non-hydrogen) atoms. The molecule has 0 atom stereocenters. The molecule has 3 rings (SSSR count). The number of ketones is 1. The van der Waals surface area contributed by atoms with Crippen LogP contribution in [-0.2, 0) is 20.1 Å². The molecule has 0 aliphatic carbocycles. The van der Waals surface area contributed by atoms with Gasteiger partial charge in [-0.25, -0.2) is 8.42 Å². The predicted molar refractivity (Wildman–Crippen MR) is 131 cm³/mol. The van der Waals surface area contributed by atoms with Crippen molar-refractivity contribution < 1.29 is 26.2 Å². The van der Waals surface area contributed by atoms with Crippen LogP contribution in [0.4, 0.5) is 11.4 Å². The van der Waals surface area contributed by atoms with E-state index in [1.807, 2.05) is 0 Å². The normalized spacial score (nSPS) is 11.9. The number of hydrogen-bond donors (Lipinski definition) is 2. The third-order valence-corrected chi connectivity index (χ3v) is 8.42. The van der Waals surface area contributed by atoms with Gasteiger partial charge < -0.3 is 5.73 Å². The second-order valence-electron chi connectivity index (χ2n) is 7.98. The van der Waals surface area contributed by atoms with Crippen LogP contribution in [0.15, 0.2) is 64.4 Å². The van der Waals surface area contributed by atoms with Gasteiger partial charge in [0, 0.05) is 23.4 Å². The van der Waals surface area contributed by atoms with Gasteiger partial charge in [0.15, 0.2) is 5.78 Å². The minimum atomic E-state index is -4.53. The molecule has 0 unspecified atom stereocenters. The number of carbonyl (C=O) groups is 1. The summed E-state index contributed by atoms with van der Waals surface area (Å²) < 4.78 is 61.3. The fraction of sp³-hybridized carbons (Fsp3) is 0.208. The maximum absolute atomic E-state index is 13.8. The van der Waals surface area contributed by atoms with E-state index in [-0.39, 0.29) is 28.5 Å². The molecule has 3 aromatic carbocycles. The van der Waals surface area contributed by atoms with E-state index in [4.69, 9.17) is 5.73 Å². The average molecular weight is 503 g/mol. The molecule has 0 spiro atoms. The molecule has 8 nitrogen and oxygen atoms in total. The highest BCUT2D eigenvalue weighted by molar-refractivity contribution is 7.93. The molecule has 0 saturated carbocycles. The first-order valence-corrected chi connectivity index (χ1v) is 13.3. The minimum Gasteiger partial charge on any atom is -0.399 e. The van der Waals surface area contributed by atoms with Gasteiger partial charge in [-0.05, 0) is 86.8 Å². The molecule has 0 aromatic heterocycles. The molecule has 3 aromatic rings. The van der Waals surface area contributed by atoms with Crippen molar-refractivity contribution in [1.82, 2.24) is 0 Å². The molecule has 0 amide bonds. The summed E-state index contributed by atoms with van der Waals surface area (Å²) in [6.45, 7) is 6.60. The molecule has 0 fully saturated rings. The van der Waals surface area contributed by atoms with E-state index in [2.05, 4.69) is 0 Å². The lowest BCUT2D eigenvalue weighted by Crippen LogP contribution is -2.32. The van der Waals surface area contributed by atoms with Gasteiger partial charge in [-0.2, -0.15) is 8.42 Å². The predicted octanol–water partition coefficient (Wildman–Crippen LogP) is 3.89. The van der Waals surface area contributed by atoms with E-state index in [0.717, 1.165) is 10.4 Å². The van der Waals surface area contributed by atoms with E-state index in [0.29, 0.717) is 27.9 Å². The second-order valence-corrected chi connectivity index (χ2v) is 11.2. The zero-order valence-corrected chi connectivity index (χ0v) is 20.9. The summed E-state index contributed by atoms with van der Waals surface area (Å²) in [5.74, 6) is -0.346. The summed E-state index contributed by atoms with van der Waals surface area (Å²) in [7, 11) is -8.73. The zero-order chi connectivity index (χ0) is 25.4. The Morgan fingerprint density at radius 2 is 1.50 bits per heavy atom.